The number of nitrogens with zero attached hydrogens (tertiary/aromatic N) is 2. The molecule has 2 fully saturated rings. The highest BCUT2D eigenvalue weighted by Crippen LogP contribution is 2.47. The summed E-state index contributed by atoms with van der Waals surface area (Å²) in [5.41, 5.74) is 0.401. The van der Waals surface area contributed by atoms with Crippen LogP contribution in [0.5, 0.6) is 0 Å². The van der Waals surface area contributed by atoms with Crippen LogP contribution in [0.4, 0.5) is 5.69 Å². The molecule has 2 amide bonds. The number of hydrogen-bond donors (Lipinski definition) is 1. The van der Waals surface area contributed by atoms with Crippen LogP contribution in [0.2, 0.25) is 0 Å². The highest BCUT2D eigenvalue weighted by molar-refractivity contribution is 8.01. The molecule has 2 saturated heterocycles. The molecule has 0 radical (unpaired) electrons. The van der Waals surface area contributed by atoms with Gasteiger partial charge in [0.05, 0.1) is 9.77 Å². The Bertz CT molecular complexity index is 824. The predicted octanol–water partition coefficient (Wildman–Crippen LogP) is 1.33. The minimum Gasteiger partial charge on any atom is -0.324 e. The molecule has 0 spiro atoms. The Kier molecular flexibility index (Phi) is 4.59. The number of fused-ring (bicyclic) bond motifs is 1. The number of thioether (sulfide) groups is 1. The van der Waals surface area contributed by atoms with Gasteiger partial charge in [-0.3, -0.25) is 9.59 Å². The first-order chi connectivity index (χ1) is 11.6. The Labute approximate surface area is 151 Å². The summed E-state index contributed by atoms with van der Waals surface area (Å²) >= 11 is 1.62. The lowest BCUT2D eigenvalue weighted by atomic mass is 10.2. The van der Waals surface area contributed by atoms with Gasteiger partial charge in [-0.15, -0.1) is 11.8 Å². The van der Waals surface area contributed by atoms with Crippen LogP contribution < -0.4 is 5.32 Å². The van der Waals surface area contributed by atoms with E-state index in [0.29, 0.717) is 17.9 Å². The largest absolute Gasteiger partial charge is 0.324 e. The summed E-state index contributed by atoms with van der Waals surface area (Å²) in [5.74, 6) is 0.256. The molecule has 2 heterocycles. The second kappa shape index (κ2) is 6.30. The minimum atomic E-state index is -3.57. The number of amides is 2. The lowest BCUT2D eigenvalue weighted by molar-refractivity contribution is -0.135. The van der Waals surface area contributed by atoms with E-state index in [1.54, 1.807) is 28.8 Å². The van der Waals surface area contributed by atoms with Crippen LogP contribution in [0.25, 0.3) is 0 Å². The van der Waals surface area contributed by atoms with Gasteiger partial charge >= 0.3 is 0 Å². The molecule has 0 unspecified atom stereocenters. The average molecular weight is 383 g/mol. The average Bonchev–Trinajstić information content (AvgIpc) is 3.04. The Morgan fingerprint density at radius 1 is 1.40 bits per heavy atom. The number of anilines is 1. The van der Waals surface area contributed by atoms with Crippen LogP contribution >= 0.6 is 11.8 Å². The van der Waals surface area contributed by atoms with Gasteiger partial charge in [0.2, 0.25) is 21.8 Å². The molecular weight excluding hydrogens is 362 g/mol. The van der Waals surface area contributed by atoms with Gasteiger partial charge in [-0.2, -0.15) is 0 Å². The van der Waals surface area contributed by atoms with Crippen molar-refractivity contribution in [3.05, 3.63) is 24.3 Å². The molecule has 2 atom stereocenters. The van der Waals surface area contributed by atoms with Gasteiger partial charge in [-0.25, -0.2) is 12.7 Å². The fraction of sp³-hybridized carbons (Fsp3) is 0.500. The molecule has 9 heteroatoms. The van der Waals surface area contributed by atoms with Crippen LogP contribution in [-0.4, -0.2) is 60.2 Å². The van der Waals surface area contributed by atoms with E-state index >= 15 is 0 Å². The van der Waals surface area contributed by atoms with Gasteiger partial charge in [0, 0.05) is 32.0 Å². The van der Waals surface area contributed by atoms with Crippen LogP contribution in [0.1, 0.15) is 19.8 Å². The number of rotatable bonds is 4. The van der Waals surface area contributed by atoms with Crippen molar-refractivity contribution in [1.29, 1.82) is 0 Å². The zero-order chi connectivity index (χ0) is 18.4. The Morgan fingerprint density at radius 3 is 2.80 bits per heavy atom. The van der Waals surface area contributed by atoms with E-state index in [4.69, 9.17) is 0 Å². The summed E-state index contributed by atoms with van der Waals surface area (Å²) in [6.45, 7) is 1.99. The molecule has 0 aliphatic carbocycles. The zero-order valence-electron chi connectivity index (χ0n) is 14.4. The van der Waals surface area contributed by atoms with E-state index in [0.717, 1.165) is 10.7 Å². The van der Waals surface area contributed by atoms with E-state index in [9.17, 15) is 18.0 Å². The van der Waals surface area contributed by atoms with Crippen LogP contribution in [0.3, 0.4) is 0 Å². The molecule has 0 saturated carbocycles. The standard InChI is InChI=1S/C16H21N3O4S2/c1-16-8-7-14(20)19(16)13(10-24-16)15(21)17-11-5-4-6-12(9-11)25(22,23)18(2)3/h4-6,9,13H,7-8,10H2,1-3H3,(H,17,21)/t13-,16-/m1/s1. The van der Waals surface area contributed by atoms with E-state index < -0.39 is 16.1 Å². The summed E-state index contributed by atoms with van der Waals surface area (Å²) < 4.78 is 25.6. The Morgan fingerprint density at radius 2 is 2.12 bits per heavy atom. The number of sulfonamides is 1. The second-order valence-electron chi connectivity index (χ2n) is 6.57. The predicted molar refractivity (Wildman–Crippen MR) is 96.7 cm³/mol. The zero-order valence-corrected chi connectivity index (χ0v) is 16.0. The molecule has 0 aromatic heterocycles. The summed E-state index contributed by atoms with van der Waals surface area (Å²) in [4.78, 5) is 26.3. The number of carbonyl (C=O) groups is 2. The van der Waals surface area contributed by atoms with Gasteiger partial charge < -0.3 is 10.2 Å². The first kappa shape index (κ1) is 18.2. The maximum absolute atomic E-state index is 12.7. The number of carbonyl (C=O) groups excluding carboxylic acids is 2. The number of nitrogens with one attached hydrogen (secondary N) is 1. The topological polar surface area (TPSA) is 86.8 Å². The van der Waals surface area contributed by atoms with Crippen LogP contribution in [-0.2, 0) is 19.6 Å². The lowest BCUT2D eigenvalue weighted by Gasteiger charge is -2.29. The molecule has 25 heavy (non-hydrogen) atoms. The van der Waals surface area contributed by atoms with Gasteiger partial charge in [-0.1, -0.05) is 6.07 Å². The van der Waals surface area contributed by atoms with Crippen molar-refractivity contribution >= 4 is 39.3 Å². The Balaban J connectivity index is 1.80. The monoisotopic (exact) mass is 383 g/mol. The smallest absolute Gasteiger partial charge is 0.248 e. The van der Waals surface area contributed by atoms with Gasteiger partial charge in [-0.05, 0) is 31.5 Å². The summed E-state index contributed by atoms with van der Waals surface area (Å²) in [6.07, 6.45) is 1.21. The fourth-order valence-electron chi connectivity index (χ4n) is 3.19. The van der Waals surface area contributed by atoms with Crippen molar-refractivity contribution in [2.45, 2.75) is 35.6 Å². The van der Waals surface area contributed by atoms with Crippen molar-refractivity contribution in [2.75, 3.05) is 25.2 Å². The second-order valence-corrected chi connectivity index (χ2v) is 10.2. The van der Waals surface area contributed by atoms with E-state index in [-0.39, 0.29) is 21.6 Å². The first-order valence-corrected chi connectivity index (χ1v) is 10.4. The molecule has 7 nitrogen and oxygen atoms in total. The van der Waals surface area contributed by atoms with E-state index in [2.05, 4.69) is 5.32 Å². The van der Waals surface area contributed by atoms with Gasteiger partial charge in [0.25, 0.3) is 0 Å². The van der Waals surface area contributed by atoms with Crippen LogP contribution in [0, 0.1) is 0 Å². The quantitative estimate of drug-likeness (QED) is 0.848. The molecule has 2 aliphatic heterocycles. The summed E-state index contributed by atoms with van der Waals surface area (Å²) in [7, 11) is -0.665. The van der Waals surface area contributed by atoms with Gasteiger partial charge in [0.1, 0.15) is 6.04 Å². The summed E-state index contributed by atoms with van der Waals surface area (Å²) in [5, 5.41) is 2.76. The molecule has 1 aromatic rings. The maximum atomic E-state index is 12.7. The van der Waals surface area contributed by atoms with Gasteiger partial charge in [0.15, 0.2) is 0 Å². The normalized spacial score (nSPS) is 26.2. The number of benzene rings is 1. The SMILES string of the molecule is CN(C)S(=O)(=O)c1cccc(NC(=O)[C@H]2CS[C@]3(C)CCC(=O)N23)c1. The van der Waals surface area contributed by atoms with E-state index in [1.165, 1.54) is 26.2 Å². The highest BCUT2D eigenvalue weighted by Gasteiger charge is 2.52. The molecule has 1 aromatic carbocycles. The van der Waals surface area contributed by atoms with Crippen molar-refractivity contribution < 1.29 is 18.0 Å². The first-order valence-electron chi connectivity index (χ1n) is 7.95. The molecular formula is C16H21N3O4S2. The third-order valence-corrected chi connectivity index (χ3v) is 7.94. The van der Waals surface area contributed by atoms with Crippen molar-refractivity contribution in [1.82, 2.24) is 9.21 Å². The molecule has 1 N–H and O–H groups in total. The molecule has 136 valence electrons. The van der Waals surface area contributed by atoms with Crippen LogP contribution in [0.15, 0.2) is 29.2 Å². The molecule has 3 rings (SSSR count). The van der Waals surface area contributed by atoms with Crippen molar-refractivity contribution in [3.63, 3.8) is 0 Å². The third-order valence-electron chi connectivity index (χ3n) is 4.63. The van der Waals surface area contributed by atoms with E-state index in [1.807, 2.05) is 6.92 Å². The highest BCUT2D eigenvalue weighted by atomic mass is 32.2. The third kappa shape index (κ3) is 3.16. The maximum Gasteiger partial charge on any atom is 0.248 e. The molecule has 0 bridgehead atoms. The minimum absolute atomic E-state index is 0.00316. The van der Waals surface area contributed by atoms with Crippen molar-refractivity contribution in [2.24, 2.45) is 0 Å². The number of hydrogen-bond acceptors (Lipinski definition) is 5. The Hall–Kier alpha value is -1.58. The van der Waals surface area contributed by atoms with Crippen molar-refractivity contribution in [3.8, 4) is 0 Å². The molecule has 2 aliphatic rings. The fourth-order valence-corrected chi connectivity index (χ4v) is 5.57. The summed E-state index contributed by atoms with van der Waals surface area (Å²) in [6, 6.07) is 5.61. The lowest BCUT2D eigenvalue weighted by Crippen LogP contribution is -2.48.